The van der Waals surface area contributed by atoms with E-state index in [0.29, 0.717) is 70.4 Å². The minimum absolute atomic E-state index is 0.294. The Morgan fingerprint density at radius 1 is 1.00 bits per heavy atom. The summed E-state index contributed by atoms with van der Waals surface area (Å²) in [5, 5.41) is 15.2. The van der Waals surface area contributed by atoms with Crippen molar-refractivity contribution < 1.29 is 14.6 Å². The molecule has 1 aliphatic heterocycles. The summed E-state index contributed by atoms with van der Waals surface area (Å²) in [6.45, 7) is 15.9. The highest BCUT2D eigenvalue weighted by atomic mass is 35.5. The second-order valence-electron chi connectivity index (χ2n) is 19.3. The predicted molar refractivity (Wildman–Crippen MR) is 218 cm³/mol. The van der Waals surface area contributed by atoms with Gasteiger partial charge in [-0.15, -0.1) is 0 Å². The van der Waals surface area contributed by atoms with E-state index >= 15 is 0 Å². The van der Waals surface area contributed by atoms with Gasteiger partial charge in [0.05, 0.1) is 12.0 Å². The molecular formula is C45H66ClN3O3S. The third kappa shape index (κ3) is 6.46. The molecule has 6 nitrogen and oxygen atoms in total. The molecule has 5 fully saturated rings. The Labute approximate surface area is 329 Å². The third-order valence-corrected chi connectivity index (χ3v) is 18.8. The molecule has 0 bridgehead atoms. The van der Waals surface area contributed by atoms with Crippen molar-refractivity contribution in [1.82, 2.24) is 15.2 Å². The Hall–Kier alpha value is -1.54. The normalized spacial score (nSPS) is 42.7. The number of carbonyl (C=O) groups is 1. The highest BCUT2D eigenvalue weighted by molar-refractivity contribution is 7.99. The molecular weight excluding hydrogens is 698 g/mol. The molecule has 292 valence electrons. The van der Waals surface area contributed by atoms with Crippen molar-refractivity contribution in [3.8, 4) is 5.88 Å². The average molecular weight is 765 g/mol. The monoisotopic (exact) mass is 763 g/mol. The van der Waals surface area contributed by atoms with Crippen LogP contribution in [0.25, 0.3) is 0 Å². The SMILES string of the molecule is CC1C(C2=CCC(CCOc3ncccc3Cl)(C(=O)O)CC2)=CCC2(C)C1CCC1(C)C2CCC2[C@H]3CCCC3(NCCN3CCSCC3)CC[C@]21C. The van der Waals surface area contributed by atoms with E-state index in [2.05, 4.69) is 66.8 Å². The van der Waals surface area contributed by atoms with Gasteiger partial charge in [-0.3, -0.25) is 4.79 Å². The van der Waals surface area contributed by atoms with E-state index in [1.807, 2.05) is 0 Å². The van der Waals surface area contributed by atoms with Crippen molar-refractivity contribution in [1.29, 1.82) is 0 Å². The number of ether oxygens (including phenoxy) is 1. The fourth-order valence-electron chi connectivity index (χ4n) is 14.3. The van der Waals surface area contributed by atoms with Crippen LogP contribution in [0.1, 0.15) is 118 Å². The number of allylic oxidation sites excluding steroid dienone is 4. The van der Waals surface area contributed by atoms with Gasteiger partial charge < -0.3 is 20.1 Å². The number of fused-ring (bicyclic) bond motifs is 7. The molecule has 4 saturated carbocycles. The molecule has 8 heteroatoms. The van der Waals surface area contributed by atoms with Gasteiger partial charge in [-0.05, 0) is 153 Å². The van der Waals surface area contributed by atoms with Gasteiger partial charge in [-0.1, -0.05) is 57.9 Å². The first-order valence-electron chi connectivity index (χ1n) is 21.4. The van der Waals surface area contributed by atoms with Gasteiger partial charge >= 0.3 is 5.97 Å². The Morgan fingerprint density at radius 3 is 2.58 bits per heavy atom. The number of halogens is 1. The largest absolute Gasteiger partial charge is 0.481 e. The first-order chi connectivity index (χ1) is 25.4. The van der Waals surface area contributed by atoms with Crippen molar-refractivity contribution in [3.05, 3.63) is 46.7 Å². The Bertz CT molecular complexity index is 1600. The van der Waals surface area contributed by atoms with Gasteiger partial charge in [0.1, 0.15) is 5.02 Å². The van der Waals surface area contributed by atoms with Crippen molar-refractivity contribution in [3.63, 3.8) is 0 Å². The van der Waals surface area contributed by atoms with Crippen LogP contribution in [-0.2, 0) is 4.79 Å². The number of carboxylic acid groups (broad SMARTS) is 1. The maximum Gasteiger partial charge on any atom is 0.310 e. The van der Waals surface area contributed by atoms with E-state index in [9.17, 15) is 9.90 Å². The summed E-state index contributed by atoms with van der Waals surface area (Å²) in [5.74, 6) is 5.91. The van der Waals surface area contributed by atoms with Crippen LogP contribution in [0.3, 0.4) is 0 Å². The van der Waals surface area contributed by atoms with Crippen molar-refractivity contribution in [2.75, 3.05) is 44.3 Å². The number of hydrogen-bond acceptors (Lipinski definition) is 6. The van der Waals surface area contributed by atoms with Gasteiger partial charge in [-0.25, -0.2) is 4.98 Å². The minimum atomic E-state index is -0.808. The molecule has 0 amide bonds. The van der Waals surface area contributed by atoms with Gasteiger partial charge in [0, 0.05) is 49.4 Å². The average Bonchev–Trinajstić information content (AvgIpc) is 3.58. The van der Waals surface area contributed by atoms with Crippen LogP contribution in [0.5, 0.6) is 5.88 Å². The molecule has 1 aromatic rings. The number of hydrogen-bond donors (Lipinski definition) is 2. The second kappa shape index (κ2) is 14.8. The fourth-order valence-corrected chi connectivity index (χ4v) is 15.5. The maximum absolute atomic E-state index is 12.7. The second-order valence-corrected chi connectivity index (χ2v) is 21.0. The summed E-state index contributed by atoms with van der Waals surface area (Å²) in [7, 11) is 0. The van der Waals surface area contributed by atoms with E-state index in [1.54, 1.807) is 18.3 Å². The van der Waals surface area contributed by atoms with Crippen LogP contribution < -0.4 is 10.1 Å². The molecule has 10 atom stereocenters. The van der Waals surface area contributed by atoms with Crippen LogP contribution >= 0.6 is 23.4 Å². The third-order valence-electron chi connectivity index (χ3n) is 17.5. The number of carboxylic acids is 1. The molecule has 1 aromatic heterocycles. The van der Waals surface area contributed by atoms with Crippen LogP contribution in [-0.4, -0.2) is 70.8 Å². The lowest BCUT2D eigenvalue weighted by Gasteiger charge is -2.71. The molecule has 2 heterocycles. The number of rotatable bonds is 10. The zero-order valence-corrected chi connectivity index (χ0v) is 34.6. The number of aromatic nitrogens is 1. The molecule has 7 aliphatic rings. The maximum atomic E-state index is 12.7. The highest BCUT2D eigenvalue weighted by Crippen LogP contribution is 2.75. The van der Waals surface area contributed by atoms with Crippen molar-refractivity contribution in [2.24, 2.45) is 51.2 Å². The van der Waals surface area contributed by atoms with Gasteiger partial charge in [0.2, 0.25) is 5.88 Å². The van der Waals surface area contributed by atoms with E-state index < -0.39 is 11.4 Å². The van der Waals surface area contributed by atoms with E-state index in [1.165, 1.54) is 113 Å². The lowest BCUT2D eigenvalue weighted by atomic mass is 9.34. The van der Waals surface area contributed by atoms with Gasteiger partial charge in [0.15, 0.2) is 0 Å². The number of thioether (sulfide) groups is 1. The van der Waals surface area contributed by atoms with E-state index in [0.717, 1.165) is 24.2 Å². The number of nitrogens with zero attached hydrogens (tertiary/aromatic N) is 2. The first-order valence-corrected chi connectivity index (χ1v) is 22.9. The standard InChI is InChI=1S/C45H66ClN3O3S/c1-31-33(32-11-18-44(19-12-32,40(50)51)22-28-52-39-37(46)8-6-23-47-39)13-16-41(2)34(31)14-17-43(4)38(41)10-9-35-36-7-5-15-45(36,21-20-42(35,43)3)48-24-25-49-26-29-53-30-27-49/h6,8,11,13,23,31,34-36,38,48H,5,7,9-10,12,14-22,24-30H2,1-4H3,(H,50,51)/t31?,34?,35?,36-,38?,41?,42-,43?,44?,45?/m1/s1. The van der Waals surface area contributed by atoms with Crippen LogP contribution in [0.2, 0.25) is 5.02 Å². The zero-order chi connectivity index (χ0) is 37.1. The molecule has 8 rings (SSSR count). The topological polar surface area (TPSA) is 74.7 Å². The van der Waals surface area contributed by atoms with Gasteiger partial charge in [-0.2, -0.15) is 11.8 Å². The summed E-state index contributed by atoms with van der Waals surface area (Å²) in [6.07, 6.45) is 22.7. The summed E-state index contributed by atoms with van der Waals surface area (Å²) in [4.78, 5) is 19.6. The molecule has 53 heavy (non-hydrogen) atoms. The van der Waals surface area contributed by atoms with Crippen LogP contribution in [0, 0.1) is 51.2 Å². The molecule has 8 unspecified atom stereocenters. The Balaban J connectivity index is 0.952. The Kier molecular flexibility index (Phi) is 10.7. The van der Waals surface area contributed by atoms with Crippen LogP contribution in [0.4, 0.5) is 0 Å². The van der Waals surface area contributed by atoms with Crippen LogP contribution in [0.15, 0.2) is 41.6 Å². The lowest BCUT2D eigenvalue weighted by molar-refractivity contribution is -0.212. The first kappa shape index (κ1) is 38.3. The smallest absolute Gasteiger partial charge is 0.310 e. The zero-order valence-electron chi connectivity index (χ0n) is 33.1. The number of pyridine rings is 1. The fraction of sp³-hybridized carbons (Fsp3) is 0.778. The lowest BCUT2D eigenvalue weighted by Crippen LogP contribution is -2.67. The molecule has 2 N–H and O–H groups in total. The number of aliphatic carboxylic acids is 1. The predicted octanol–water partition coefficient (Wildman–Crippen LogP) is 10.1. The summed E-state index contributed by atoms with van der Waals surface area (Å²) >= 11 is 8.36. The van der Waals surface area contributed by atoms with E-state index in [4.69, 9.17) is 16.3 Å². The quantitative estimate of drug-likeness (QED) is 0.246. The van der Waals surface area contributed by atoms with Crippen molar-refractivity contribution in [2.45, 2.75) is 123 Å². The van der Waals surface area contributed by atoms with Gasteiger partial charge in [0.25, 0.3) is 0 Å². The Morgan fingerprint density at radius 2 is 1.83 bits per heavy atom. The molecule has 6 aliphatic carbocycles. The summed E-state index contributed by atoms with van der Waals surface area (Å²) in [5.41, 5.74) is 3.63. The minimum Gasteiger partial charge on any atom is -0.481 e. The van der Waals surface area contributed by atoms with Crippen molar-refractivity contribution >= 4 is 29.3 Å². The molecule has 1 saturated heterocycles. The highest BCUT2D eigenvalue weighted by Gasteiger charge is 2.68. The number of nitrogens with one attached hydrogen (secondary N) is 1. The summed E-state index contributed by atoms with van der Waals surface area (Å²) in [6, 6.07) is 3.52. The molecule has 0 aromatic carbocycles. The van der Waals surface area contributed by atoms with E-state index in [-0.39, 0.29) is 0 Å². The molecule has 0 radical (unpaired) electrons. The molecule has 0 spiro atoms. The summed E-state index contributed by atoms with van der Waals surface area (Å²) < 4.78 is 5.85.